The summed E-state index contributed by atoms with van der Waals surface area (Å²) in [5, 5.41) is 9.73. The second-order valence-corrected chi connectivity index (χ2v) is 8.29. The predicted molar refractivity (Wildman–Crippen MR) is 103 cm³/mol. The summed E-state index contributed by atoms with van der Waals surface area (Å²) >= 11 is 3.47. The molecule has 1 aliphatic carbocycles. The Labute approximate surface area is 166 Å². The summed E-state index contributed by atoms with van der Waals surface area (Å²) in [4.78, 5) is 13.0. The van der Waals surface area contributed by atoms with E-state index in [2.05, 4.69) is 22.0 Å². The number of allylic oxidation sites excluding steroid dienone is 3. The van der Waals surface area contributed by atoms with Crippen molar-refractivity contribution >= 4 is 21.7 Å². The zero-order chi connectivity index (χ0) is 19.9. The van der Waals surface area contributed by atoms with Crippen LogP contribution in [0.2, 0.25) is 0 Å². The second-order valence-electron chi connectivity index (χ2n) is 7.43. The van der Waals surface area contributed by atoms with Crippen LogP contribution in [0.1, 0.15) is 38.2 Å². The number of hydrogen-bond donors (Lipinski definition) is 1. The molecule has 0 bridgehead atoms. The number of benzene rings is 1. The Morgan fingerprint density at radius 2 is 1.93 bits per heavy atom. The van der Waals surface area contributed by atoms with Gasteiger partial charge in [0.2, 0.25) is 5.88 Å². The number of halogens is 1. The van der Waals surface area contributed by atoms with Crippen LogP contribution in [0, 0.1) is 16.7 Å². The minimum Gasteiger partial charge on any atom is -0.496 e. The lowest BCUT2D eigenvalue weighted by atomic mass is 9.70. The number of methoxy groups -OCH3 is 2. The molecule has 3 rings (SSSR count). The minimum absolute atomic E-state index is 0.0285. The summed E-state index contributed by atoms with van der Waals surface area (Å²) in [6.45, 7) is 4.02. The fraction of sp³-hybridized carbons (Fsp3) is 0.400. The smallest absolute Gasteiger partial charge is 0.205 e. The number of nitriles is 1. The summed E-state index contributed by atoms with van der Waals surface area (Å²) < 4.78 is 17.3. The van der Waals surface area contributed by atoms with Gasteiger partial charge in [-0.15, -0.1) is 0 Å². The predicted octanol–water partition coefficient (Wildman–Crippen LogP) is 3.92. The molecule has 1 aromatic rings. The van der Waals surface area contributed by atoms with E-state index in [1.165, 1.54) is 7.11 Å². The summed E-state index contributed by atoms with van der Waals surface area (Å²) in [6.07, 6.45) is 0.952. The second kappa shape index (κ2) is 6.93. The Bertz CT molecular complexity index is 925. The zero-order valence-corrected chi connectivity index (χ0v) is 17.3. The van der Waals surface area contributed by atoms with Gasteiger partial charge in [0.25, 0.3) is 0 Å². The van der Waals surface area contributed by atoms with Crippen LogP contribution in [0.15, 0.2) is 39.4 Å². The quantitative estimate of drug-likeness (QED) is 0.777. The molecule has 2 N–H and O–H groups in total. The van der Waals surface area contributed by atoms with E-state index in [4.69, 9.17) is 19.9 Å². The highest BCUT2D eigenvalue weighted by atomic mass is 79.9. The molecule has 1 aromatic carbocycles. The van der Waals surface area contributed by atoms with Crippen LogP contribution in [-0.2, 0) is 9.53 Å². The summed E-state index contributed by atoms with van der Waals surface area (Å²) in [5.74, 6) is 0.975. The highest BCUT2D eigenvalue weighted by Gasteiger charge is 2.44. The van der Waals surface area contributed by atoms with Crippen LogP contribution >= 0.6 is 15.9 Å². The number of carbonyl (C=O) groups is 1. The number of rotatable bonds is 3. The van der Waals surface area contributed by atoms with Crippen molar-refractivity contribution in [1.82, 2.24) is 0 Å². The van der Waals surface area contributed by atoms with Gasteiger partial charge >= 0.3 is 0 Å². The van der Waals surface area contributed by atoms with Gasteiger partial charge in [-0.25, -0.2) is 0 Å². The highest BCUT2D eigenvalue weighted by molar-refractivity contribution is 9.10. The molecular weight excluding hydrogens is 412 g/mol. The maximum Gasteiger partial charge on any atom is 0.205 e. The molecule has 142 valence electrons. The van der Waals surface area contributed by atoms with Crippen LogP contribution in [0.3, 0.4) is 0 Å². The largest absolute Gasteiger partial charge is 0.496 e. The first kappa shape index (κ1) is 19.3. The molecule has 0 saturated carbocycles. The van der Waals surface area contributed by atoms with Crippen LogP contribution in [0.4, 0.5) is 0 Å². The molecule has 27 heavy (non-hydrogen) atoms. The first-order chi connectivity index (χ1) is 12.7. The van der Waals surface area contributed by atoms with E-state index in [0.717, 1.165) is 0 Å². The Kier molecular flexibility index (Phi) is 4.96. The number of carbonyl (C=O) groups excluding carboxylic acids is 1. The van der Waals surface area contributed by atoms with Crippen LogP contribution in [-0.4, -0.2) is 20.0 Å². The molecule has 6 nitrogen and oxygen atoms in total. The van der Waals surface area contributed by atoms with Crippen molar-refractivity contribution in [2.45, 2.75) is 32.6 Å². The van der Waals surface area contributed by atoms with E-state index in [1.807, 2.05) is 13.8 Å². The lowest BCUT2D eigenvalue weighted by molar-refractivity contribution is -0.119. The van der Waals surface area contributed by atoms with E-state index in [9.17, 15) is 10.1 Å². The summed E-state index contributed by atoms with van der Waals surface area (Å²) in [5.41, 5.74) is 7.18. The molecular formula is C20H21BrN2O4. The number of nitrogens with zero attached hydrogens (tertiary/aromatic N) is 1. The van der Waals surface area contributed by atoms with E-state index in [0.29, 0.717) is 45.7 Å². The SMILES string of the molecule is COc1cc(OC)c([C@H]2C(C#N)=C(N)OC3=C2C(=O)CC(C)(C)C3)cc1Br. The van der Waals surface area contributed by atoms with Gasteiger partial charge < -0.3 is 19.9 Å². The van der Waals surface area contributed by atoms with Crippen LogP contribution in [0.25, 0.3) is 0 Å². The third kappa shape index (κ3) is 3.30. The van der Waals surface area contributed by atoms with Crippen molar-refractivity contribution in [3.8, 4) is 17.6 Å². The van der Waals surface area contributed by atoms with Crippen molar-refractivity contribution in [1.29, 1.82) is 5.26 Å². The first-order valence-electron chi connectivity index (χ1n) is 8.47. The molecule has 1 atom stereocenters. The average Bonchev–Trinajstić information content (AvgIpc) is 2.59. The van der Waals surface area contributed by atoms with Gasteiger partial charge in [-0.05, 0) is 27.4 Å². The lowest BCUT2D eigenvalue weighted by Gasteiger charge is -2.37. The molecule has 2 aliphatic rings. The summed E-state index contributed by atoms with van der Waals surface area (Å²) in [7, 11) is 3.09. The molecule has 1 heterocycles. The van der Waals surface area contributed by atoms with Gasteiger partial charge in [-0.2, -0.15) is 5.26 Å². The average molecular weight is 433 g/mol. The van der Waals surface area contributed by atoms with Crippen molar-refractivity contribution in [2.75, 3.05) is 14.2 Å². The van der Waals surface area contributed by atoms with Gasteiger partial charge in [0, 0.05) is 30.0 Å². The van der Waals surface area contributed by atoms with Gasteiger partial charge in [0.1, 0.15) is 28.9 Å². The maximum atomic E-state index is 13.0. The number of hydrogen-bond acceptors (Lipinski definition) is 6. The van der Waals surface area contributed by atoms with Gasteiger partial charge in [0.15, 0.2) is 5.78 Å². The molecule has 0 amide bonds. The number of ketones is 1. The molecule has 0 spiro atoms. The Hall–Kier alpha value is -2.46. The van der Waals surface area contributed by atoms with Crippen molar-refractivity contribution in [2.24, 2.45) is 11.1 Å². The Morgan fingerprint density at radius 3 is 2.52 bits per heavy atom. The van der Waals surface area contributed by atoms with Gasteiger partial charge in [-0.3, -0.25) is 4.79 Å². The normalized spacial score (nSPS) is 21.3. The molecule has 0 fully saturated rings. The minimum atomic E-state index is -0.639. The van der Waals surface area contributed by atoms with Crippen molar-refractivity contribution < 1.29 is 19.0 Å². The molecule has 0 unspecified atom stereocenters. The summed E-state index contributed by atoms with van der Waals surface area (Å²) in [6, 6.07) is 5.64. The van der Waals surface area contributed by atoms with E-state index < -0.39 is 5.92 Å². The third-order valence-corrected chi connectivity index (χ3v) is 5.51. The third-order valence-electron chi connectivity index (χ3n) is 4.89. The zero-order valence-electron chi connectivity index (χ0n) is 15.7. The molecule has 0 aromatic heterocycles. The van der Waals surface area contributed by atoms with E-state index >= 15 is 0 Å². The van der Waals surface area contributed by atoms with Crippen LogP contribution < -0.4 is 15.2 Å². The first-order valence-corrected chi connectivity index (χ1v) is 9.27. The Balaban J connectivity index is 2.26. The topological polar surface area (TPSA) is 94.6 Å². The van der Waals surface area contributed by atoms with Gasteiger partial charge in [-0.1, -0.05) is 13.8 Å². The van der Waals surface area contributed by atoms with Crippen LogP contribution in [0.5, 0.6) is 11.5 Å². The standard InChI is InChI=1S/C20H21BrN2O4/c1-20(2)7-13(24)18-16(8-20)27-19(23)11(9-22)17(18)10-5-12(21)15(26-4)6-14(10)25-3/h5-6,17H,7-8,23H2,1-4H3/t17-/m0/s1. The molecule has 1 aliphatic heterocycles. The fourth-order valence-corrected chi connectivity index (χ4v) is 4.23. The Morgan fingerprint density at radius 1 is 1.26 bits per heavy atom. The highest BCUT2D eigenvalue weighted by Crippen LogP contribution is 2.50. The number of Topliss-reactive ketones (excluding diaryl/α,β-unsaturated/α-hetero) is 1. The lowest BCUT2D eigenvalue weighted by Crippen LogP contribution is -2.33. The fourth-order valence-electron chi connectivity index (χ4n) is 3.70. The van der Waals surface area contributed by atoms with Gasteiger partial charge in [0.05, 0.1) is 24.6 Å². The maximum absolute atomic E-state index is 13.0. The molecule has 0 saturated heterocycles. The molecule has 7 heteroatoms. The molecule has 0 radical (unpaired) electrons. The van der Waals surface area contributed by atoms with E-state index in [-0.39, 0.29) is 22.7 Å². The van der Waals surface area contributed by atoms with Crippen molar-refractivity contribution in [3.05, 3.63) is 45.0 Å². The van der Waals surface area contributed by atoms with E-state index in [1.54, 1.807) is 19.2 Å². The number of ether oxygens (including phenoxy) is 3. The monoisotopic (exact) mass is 432 g/mol. The number of nitrogens with two attached hydrogens (primary N) is 1. The van der Waals surface area contributed by atoms with Crippen molar-refractivity contribution in [3.63, 3.8) is 0 Å².